The molecule has 1 aromatic rings. The van der Waals surface area contributed by atoms with Gasteiger partial charge in [0, 0.05) is 19.8 Å². The second-order valence-corrected chi connectivity index (χ2v) is 54.0. The SMILES string of the molecule is C=CCC[N-][Si](C)(C)C1CC(CCCCCCOC(C)(C)C)C2C=CC=CC21.CC(C)(C)OCCCCCC[N-][Si](C)(C)C1CC(Cc2ccccc2)C2C=CC=CC21.CC(C)(C)[N-][Si](C)(C)C1CC(CCCCCCOC(C)(C)C)C2C=CC=CC21.[CH3-].[CH3-].[CH3-].[Cl][Ti][Cl].[Cl][Ti][Cl].[Cl][Ti][Cl]. The van der Waals surface area contributed by atoms with E-state index in [1.807, 2.05) is 6.08 Å². The maximum atomic E-state index is 5.85. The molecule has 0 saturated heterocycles. The monoisotopic (exact) mass is 1640 g/mol. The summed E-state index contributed by atoms with van der Waals surface area (Å²) in [5.74, 6) is 6.79. The van der Waals surface area contributed by atoms with Crippen molar-refractivity contribution in [2.45, 2.75) is 283 Å². The zero-order valence-electron chi connectivity index (χ0n) is 66.3. The molecule has 7 rings (SSSR count). The van der Waals surface area contributed by atoms with Crippen molar-refractivity contribution in [1.82, 2.24) is 0 Å². The Hall–Kier alpha value is 1.69. The van der Waals surface area contributed by atoms with Gasteiger partial charge in [-0.3, -0.25) is 0 Å². The third kappa shape index (κ3) is 43.6. The zero-order chi connectivity index (χ0) is 72.1. The summed E-state index contributed by atoms with van der Waals surface area (Å²) in [4.78, 5) is 15.9. The van der Waals surface area contributed by atoms with Gasteiger partial charge < -0.3 is 51.4 Å². The summed E-state index contributed by atoms with van der Waals surface area (Å²) >= 11 is -1.67. The van der Waals surface area contributed by atoms with Gasteiger partial charge in [0.15, 0.2) is 0 Å². The van der Waals surface area contributed by atoms with E-state index in [0.29, 0.717) is 11.8 Å². The van der Waals surface area contributed by atoms with E-state index in [1.54, 1.807) is 0 Å². The van der Waals surface area contributed by atoms with Crippen LogP contribution in [-0.2, 0) is 71.7 Å². The van der Waals surface area contributed by atoms with Gasteiger partial charge in [0.1, 0.15) is 0 Å². The summed E-state index contributed by atoms with van der Waals surface area (Å²) in [7, 11) is 24.5. The predicted molar refractivity (Wildman–Crippen MR) is 444 cm³/mol. The fourth-order valence-electron chi connectivity index (χ4n) is 15.9. The van der Waals surface area contributed by atoms with Crippen molar-refractivity contribution >= 4 is 80.5 Å². The van der Waals surface area contributed by atoms with Crippen LogP contribution in [0.4, 0.5) is 0 Å². The molecular formula is C81H143Cl6N3O3Si3Ti3-6. The molecule has 6 aliphatic carbocycles. The van der Waals surface area contributed by atoms with Gasteiger partial charge in [-0.25, -0.2) is 0 Å². The van der Waals surface area contributed by atoms with E-state index in [0.717, 1.165) is 97.4 Å². The van der Waals surface area contributed by atoms with Crippen LogP contribution < -0.4 is 0 Å². The molecule has 0 radical (unpaired) electrons. The quantitative estimate of drug-likeness (QED) is 0.0312. The van der Waals surface area contributed by atoms with Crippen molar-refractivity contribution in [1.29, 1.82) is 0 Å². The minimum atomic E-state index is -1.62. The first-order valence-electron chi connectivity index (χ1n) is 36.8. The summed E-state index contributed by atoms with van der Waals surface area (Å²) in [6.07, 6.45) is 55.1. The number of unbranched alkanes of at least 4 members (excludes halogenated alkanes) is 9. The van der Waals surface area contributed by atoms with Crippen molar-refractivity contribution in [2.75, 3.05) is 32.9 Å². The number of fused-ring (bicyclic) bond motifs is 3. The Morgan fingerprint density at radius 1 is 0.424 bits per heavy atom. The van der Waals surface area contributed by atoms with E-state index in [1.165, 1.54) is 121 Å². The van der Waals surface area contributed by atoms with Crippen LogP contribution in [0.3, 0.4) is 0 Å². The van der Waals surface area contributed by atoms with Gasteiger partial charge in [-0.1, -0.05) is 294 Å². The van der Waals surface area contributed by atoms with Crippen LogP contribution >= 0.6 is 55.8 Å². The Bertz CT molecular complexity index is 2390. The van der Waals surface area contributed by atoms with Crippen LogP contribution in [0.1, 0.15) is 204 Å². The topological polar surface area (TPSA) is 70.0 Å². The Morgan fingerprint density at radius 3 is 1.07 bits per heavy atom. The molecule has 6 aliphatic rings. The maximum absolute atomic E-state index is 5.85. The Morgan fingerprint density at radius 2 is 0.727 bits per heavy atom. The van der Waals surface area contributed by atoms with E-state index in [-0.39, 0.29) is 44.6 Å². The van der Waals surface area contributed by atoms with Crippen molar-refractivity contribution in [3.63, 3.8) is 0 Å². The molecule has 1 aromatic carbocycles. The molecule has 3 saturated carbocycles. The van der Waals surface area contributed by atoms with Crippen LogP contribution in [0.5, 0.6) is 0 Å². The van der Waals surface area contributed by atoms with Crippen molar-refractivity contribution in [3.05, 3.63) is 159 Å². The summed E-state index contributed by atoms with van der Waals surface area (Å²) in [6, 6.07) is 11.1. The third-order valence-corrected chi connectivity index (χ3v) is 30.6. The summed E-state index contributed by atoms with van der Waals surface area (Å²) in [6.45, 7) is 49.6. The van der Waals surface area contributed by atoms with Crippen LogP contribution in [0.15, 0.2) is 116 Å². The summed E-state index contributed by atoms with van der Waals surface area (Å²) in [5.41, 5.74) is 3.94. The van der Waals surface area contributed by atoms with Crippen molar-refractivity contribution in [3.8, 4) is 0 Å². The second kappa shape index (κ2) is 54.3. The molecule has 572 valence electrons. The number of benzene rings is 1. The second-order valence-electron chi connectivity index (χ2n) is 33.3. The number of rotatable bonds is 32. The number of nitrogens with zero attached hydrogens (tertiary/aromatic N) is 3. The molecule has 12 atom stereocenters. The molecule has 0 bridgehead atoms. The molecule has 0 spiro atoms. The van der Waals surface area contributed by atoms with E-state index in [2.05, 4.69) is 232 Å². The molecule has 0 aliphatic heterocycles. The number of allylic oxidation sites excluding steroid dienone is 12. The van der Waals surface area contributed by atoms with Crippen molar-refractivity contribution in [2.24, 2.45) is 53.3 Å². The molecule has 6 nitrogen and oxygen atoms in total. The van der Waals surface area contributed by atoms with Crippen molar-refractivity contribution < 1.29 is 65.3 Å². The molecule has 18 heteroatoms. The third-order valence-electron chi connectivity index (χ3n) is 20.0. The van der Waals surface area contributed by atoms with E-state index in [9.17, 15) is 0 Å². The van der Waals surface area contributed by atoms with Gasteiger partial charge in [-0.15, -0.1) is 18.7 Å². The Kier molecular flexibility index (Phi) is 56.4. The van der Waals surface area contributed by atoms with E-state index >= 15 is 0 Å². The van der Waals surface area contributed by atoms with Crippen LogP contribution in [0.2, 0.25) is 55.9 Å². The Balaban J connectivity index is 0. The average Bonchev–Trinajstić information content (AvgIpc) is 1.65. The minimum absolute atomic E-state index is 0. The average molecular weight is 1650 g/mol. The number of hydrogen-bond donors (Lipinski definition) is 0. The van der Waals surface area contributed by atoms with Gasteiger partial charge in [-0.2, -0.15) is 6.54 Å². The fourth-order valence-corrected chi connectivity index (χ4v) is 26.2. The molecule has 0 aromatic heterocycles. The first-order chi connectivity index (χ1) is 45.1. The number of halogens is 6. The first-order valence-corrected chi connectivity index (χ1v) is 58.7. The van der Waals surface area contributed by atoms with E-state index in [4.69, 9.17) is 85.0 Å². The Labute approximate surface area is 667 Å². The van der Waals surface area contributed by atoms with Crippen LogP contribution in [0, 0.1) is 75.5 Å². The van der Waals surface area contributed by atoms with Gasteiger partial charge in [0.2, 0.25) is 0 Å². The number of hydrogen-bond acceptors (Lipinski definition) is 3. The van der Waals surface area contributed by atoms with E-state index < -0.39 is 75.8 Å². The molecule has 0 amide bonds. The predicted octanol–water partition coefficient (Wildman–Crippen LogP) is 28.9. The van der Waals surface area contributed by atoms with Gasteiger partial charge >= 0.3 is 107 Å². The fraction of sp³-hybridized carbons (Fsp3) is 0.716. The standard InChI is InChI=1S/C28H44NOSi.C25H46NOSi.C25H44NOSi.3CH3.6ClH.3Ti/c1-28(2,3)30-20-14-7-6-13-19-29-31(4,5)27-22-24(21-23-15-9-8-10-16-23)25-17-11-12-18-26(25)27;1-24(2,3)26-28(7,8)23-19-20(21-16-12-13-17-22(21)23)15-11-9-10-14-18-27-25(4,5)6;1-7-8-18-26-28(5,6)24-20-21(22-16-12-13-17-23(22)24)15-11-9-10-14-19-27-25(2,3)4;;;;;;;;;;;;/h8-12,15-18,24-27H,6-7,13-14,19-22H2,1-5H3;12-13,16-17,20-23H,9-11,14-15,18-19H2,1-8H3;7,12-13,16-17,21-24H,1,8-11,14-15,18-20H2,2-6H3;3*1H3;6*1H;;;/q6*-1;;;;;;;3*+2/p-6. The summed E-state index contributed by atoms with van der Waals surface area (Å²) in [5, 5.41) is 0. The zero-order valence-corrected chi connectivity index (χ0v) is 78.6. The summed E-state index contributed by atoms with van der Waals surface area (Å²) < 4.78 is 17.5. The molecule has 0 N–H and O–H groups in total. The first kappa shape index (κ1) is 103. The van der Waals surface area contributed by atoms with Crippen LogP contribution in [0.25, 0.3) is 14.9 Å². The molecule has 0 heterocycles. The van der Waals surface area contributed by atoms with Gasteiger partial charge in [0.25, 0.3) is 0 Å². The van der Waals surface area contributed by atoms with Gasteiger partial charge in [-0.05, 0) is 160 Å². The number of ether oxygens (including phenoxy) is 3. The molecule has 99 heavy (non-hydrogen) atoms. The molecule has 3 fully saturated rings. The molecule has 12 unspecified atom stereocenters. The normalized spacial score (nSPS) is 24.1. The van der Waals surface area contributed by atoms with Crippen LogP contribution in [-0.4, -0.2) is 80.0 Å². The molecular weight excluding hydrogens is 1500 g/mol. The van der Waals surface area contributed by atoms with Gasteiger partial charge in [0.05, 0.1) is 16.8 Å².